The molecule has 26 heavy (non-hydrogen) atoms. The second-order valence-electron chi connectivity index (χ2n) is 5.32. The molecule has 0 fully saturated rings. The van der Waals surface area contributed by atoms with Gasteiger partial charge in [0.2, 0.25) is 0 Å². The number of aliphatic hydroxyl groups excluding tert-OH is 1. The summed E-state index contributed by atoms with van der Waals surface area (Å²) in [5.41, 5.74) is 3.46. The van der Waals surface area contributed by atoms with Crippen molar-refractivity contribution in [1.82, 2.24) is 0 Å². The molecular weight excluding hydrogens is 342 g/mol. The van der Waals surface area contributed by atoms with Gasteiger partial charge in [0.25, 0.3) is 5.69 Å². The van der Waals surface area contributed by atoms with Crippen LogP contribution in [-0.2, 0) is 0 Å². The van der Waals surface area contributed by atoms with Crippen LogP contribution in [0.25, 0.3) is 0 Å². The SMILES string of the molecule is CN(CCO)c1ccc(C=NNc2ccc([N+](=O)[O-])cc2[N+](=O)[O-])cc1. The maximum Gasteiger partial charge on any atom is 0.301 e. The number of rotatable bonds is 8. The number of nitrogens with one attached hydrogen (secondary N) is 1. The van der Waals surface area contributed by atoms with Crippen molar-refractivity contribution in [2.75, 3.05) is 30.5 Å². The number of hydrazone groups is 1. The normalized spacial score (nSPS) is 10.7. The van der Waals surface area contributed by atoms with E-state index in [2.05, 4.69) is 10.5 Å². The number of nitro groups is 2. The minimum Gasteiger partial charge on any atom is -0.395 e. The van der Waals surface area contributed by atoms with Crippen LogP contribution < -0.4 is 10.3 Å². The third-order valence-electron chi connectivity index (χ3n) is 3.56. The maximum absolute atomic E-state index is 11.1. The Bertz CT molecular complexity index is 822. The summed E-state index contributed by atoms with van der Waals surface area (Å²) in [4.78, 5) is 22.2. The van der Waals surface area contributed by atoms with Gasteiger partial charge in [-0.15, -0.1) is 0 Å². The van der Waals surface area contributed by atoms with Crippen LogP contribution in [0.5, 0.6) is 0 Å². The van der Waals surface area contributed by atoms with Crippen molar-refractivity contribution in [2.24, 2.45) is 5.10 Å². The molecule has 2 N–H and O–H groups in total. The van der Waals surface area contributed by atoms with Crippen LogP contribution in [0.2, 0.25) is 0 Å². The summed E-state index contributed by atoms with van der Waals surface area (Å²) >= 11 is 0. The van der Waals surface area contributed by atoms with E-state index in [9.17, 15) is 20.2 Å². The Morgan fingerprint density at radius 2 is 1.85 bits per heavy atom. The summed E-state index contributed by atoms with van der Waals surface area (Å²) in [5, 5.41) is 34.6. The lowest BCUT2D eigenvalue weighted by molar-refractivity contribution is -0.393. The summed E-state index contributed by atoms with van der Waals surface area (Å²) in [5.74, 6) is 0. The zero-order valence-electron chi connectivity index (χ0n) is 13.9. The Morgan fingerprint density at radius 3 is 2.42 bits per heavy atom. The summed E-state index contributed by atoms with van der Waals surface area (Å²) in [6, 6.07) is 10.6. The van der Waals surface area contributed by atoms with Gasteiger partial charge >= 0.3 is 5.69 Å². The number of nitro benzene ring substituents is 2. The van der Waals surface area contributed by atoms with Crippen LogP contribution in [0.15, 0.2) is 47.6 Å². The molecule has 10 heteroatoms. The van der Waals surface area contributed by atoms with Crippen molar-refractivity contribution in [3.63, 3.8) is 0 Å². The lowest BCUT2D eigenvalue weighted by Gasteiger charge is -2.17. The van der Waals surface area contributed by atoms with Crippen molar-refractivity contribution in [3.05, 3.63) is 68.3 Å². The molecule has 10 nitrogen and oxygen atoms in total. The Labute approximate surface area is 148 Å². The monoisotopic (exact) mass is 359 g/mol. The van der Waals surface area contributed by atoms with Crippen molar-refractivity contribution >= 4 is 29.0 Å². The van der Waals surface area contributed by atoms with E-state index >= 15 is 0 Å². The van der Waals surface area contributed by atoms with E-state index in [0.717, 1.165) is 23.4 Å². The number of anilines is 2. The largest absolute Gasteiger partial charge is 0.395 e. The molecule has 0 amide bonds. The van der Waals surface area contributed by atoms with Crippen molar-refractivity contribution in [1.29, 1.82) is 0 Å². The van der Waals surface area contributed by atoms with E-state index in [1.165, 1.54) is 12.3 Å². The molecular formula is C16H17N5O5. The number of aliphatic hydroxyl groups is 1. The standard InChI is InChI=1S/C16H17N5O5/c1-19(8-9-22)13-4-2-12(3-5-13)11-17-18-15-7-6-14(20(23)24)10-16(15)21(25)26/h2-7,10-11,18,22H,8-9H2,1H3. The highest BCUT2D eigenvalue weighted by Crippen LogP contribution is 2.28. The van der Waals surface area contributed by atoms with Gasteiger partial charge in [-0.25, -0.2) is 0 Å². The quantitative estimate of drug-likeness (QED) is 0.420. The Balaban J connectivity index is 2.10. The van der Waals surface area contributed by atoms with Gasteiger partial charge in [0.15, 0.2) is 0 Å². The first kappa shape index (κ1) is 18.8. The van der Waals surface area contributed by atoms with E-state index in [4.69, 9.17) is 5.11 Å². The predicted molar refractivity (Wildman–Crippen MR) is 97.8 cm³/mol. The average molecular weight is 359 g/mol. The van der Waals surface area contributed by atoms with Crippen LogP contribution in [0.1, 0.15) is 5.56 Å². The van der Waals surface area contributed by atoms with E-state index in [0.29, 0.717) is 6.54 Å². The van der Waals surface area contributed by atoms with Crippen LogP contribution in [0.3, 0.4) is 0 Å². The van der Waals surface area contributed by atoms with Crippen LogP contribution in [0, 0.1) is 20.2 Å². The van der Waals surface area contributed by atoms with Gasteiger partial charge in [-0.3, -0.25) is 25.7 Å². The molecule has 0 atom stereocenters. The zero-order valence-corrected chi connectivity index (χ0v) is 13.9. The smallest absolute Gasteiger partial charge is 0.301 e. The van der Waals surface area contributed by atoms with Crippen LogP contribution in [-0.4, -0.2) is 41.4 Å². The predicted octanol–water partition coefficient (Wildman–Crippen LogP) is 2.38. The molecule has 0 heterocycles. The molecule has 0 unspecified atom stereocenters. The number of benzene rings is 2. The fourth-order valence-electron chi connectivity index (χ4n) is 2.15. The Hall–Kier alpha value is -3.53. The molecule has 0 aromatic heterocycles. The zero-order chi connectivity index (χ0) is 19.1. The van der Waals surface area contributed by atoms with Crippen molar-refractivity contribution < 1.29 is 15.0 Å². The number of hydrogen-bond donors (Lipinski definition) is 2. The van der Waals surface area contributed by atoms with Gasteiger partial charge in [0.1, 0.15) is 5.69 Å². The Kier molecular flexibility index (Phi) is 6.17. The summed E-state index contributed by atoms with van der Waals surface area (Å²) < 4.78 is 0. The molecule has 0 saturated carbocycles. The summed E-state index contributed by atoms with van der Waals surface area (Å²) in [6.07, 6.45) is 1.47. The first-order chi connectivity index (χ1) is 12.4. The first-order valence-electron chi connectivity index (χ1n) is 7.56. The van der Waals surface area contributed by atoms with Gasteiger partial charge < -0.3 is 10.0 Å². The number of non-ortho nitro benzene ring substituents is 1. The molecule has 2 rings (SSSR count). The molecule has 2 aromatic rings. The van der Waals surface area contributed by atoms with Gasteiger partial charge in [-0.2, -0.15) is 5.10 Å². The minimum atomic E-state index is -0.712. The van der Waals surface area contributed by atoms with Gasteiger partial charge in [-0.05, 0) is 23.8 Å². The number of likely N-dealkylation sites (N-methyl/N-ethyl adjacent to an activating group) is 1. The highest BCUT2D eigenvalue weighted by atomic mass is 16.6. The lowest BCUT2D eigenvalue weighted by atomic mass is 10.2. The number of nitrogens with zero attached hydrogens (tertiary/aromatic N) is 4. The molecule has 136 valence electrons. The van der Waals surface area contributed by atoms with Crippen LogP contribution >= 0.6 is 0 Å². The molecule has 2 aromatic carbocycles. The second-order valence-corrected chi connectivity index (χ2v) is 5.32. The lowest BCUT2D eigenvalue weighted by Crippen LogP contribution is -2.20. The topological polar surface area (TPSA) is 134 Å². The Morgan fingerprint density at radius 1 is 1.15 bits per heavy atom. The van der Waals surface area contributed by atoms with E-state index in [1.807, 2.05) is 24.1 Å². The molecule has 0 saturated heterocycles. The van der Waals surface area contributed by atoms with Crippen molar-refractivity contribution in [3.8, 4) is 0 Å². The van der Waals surface area contributed by atoms with Gasteiger partial charge in [0.05, 0.1) is 28.7 Å². The third-order valence-corrected chi connectivity index (χ3v) is 3.56. The molecule has 0 aliphatic carbocycles. The van der Waals surface area contributed by atoms with Gasteiger partial charge in [-0.1, -0.05) is 12.1 Å². The fourth-order valence-corrected chi connectivity index (χ4v) is 2.15. The van der Waals surface area contributed by atoms with E-state index < -0.39 is 15.5 Å². The molecule has 0 spiro atoms. The van der Waals surface area contributed by atoms with E-state index in [-0.39, 0.29) is 18.0 Å². The molecule has 0 radical (unpaired) electrons. The fraction of sp³-hybridized carbons (Fsp3) is 0.188. The van der Waals surface area contributed by atoms with Crippen LogP contribution in [0.4, 0.5) is 22.7 Å². The molecule has 0 aliphatic rings. The summed E-state index contributed by atoms with van der Waals surface area (Å²) in [7, 11) is 1.86. The highest BCUT2D eigenvalue weighted by molar-refractivity contribution is 5.81. The first-order valence-corrected chi connectivity index (χ1v) is 7.56. The second kappa shape index (κ2) is 8.53. The van der Waals surface area contributed by atoms with Crippen molar-refractivity contribution in [2.45, 2.75) is 0 Å². The highest BCUT2D eigenvalue weighted by Gasteiger charge is 2.19. The summed E-state index contributed by atoms with van der Waals surface area (Å²) in [6.45, 7) is 0.566. The van der Waals surface area contributed by atoms with Gasteiger partial charge in [0, 0.05) is 25.3 Å². The van der Waals surface area contributed by atoms with E-state index in [1.54, 1.807) is 12.1 Å². The maximum atomic E-state index is 11.1. The average Bonchev–Trinajstić information content (AvgIpc) is 2.62. The minimum absolute atomic E-state index is 0.0520. The molecule has 0 aliphatic heterocycles. The number of hydrogen-bond acceptors (Lipinski definition) is 8. The molecule has 0 bridgehead atoms. The third kappa shape index (κ3) is 4.74.